The van der Waals surface area contributed by atoms with Crippen LogP contribution in [0.4, 0.5) is 5.13 Å². The zero-order valence-electron chi connectivity index (χ0n) is 8.32. The van der Waals surface area contributed by atoms with Crippen molar-refractivity contribution in [3.63, 3.8) is 0 Å². The second kappa shape index (κ2) is 4.70. The summed E-state index contributed by atoms with van der Waals surface area (Å²) in [5, 5.41) is 4.09. The lowest BCUT2D eigenvalue weighted by atomic mass is 10.3. The Morgan fingerprint density at radius 1 is 1.57 bits per heavy atom. The Morgan fingerprint density at radius 3 is 3.14 bits per heavy atom. The number of anilines is 1. The molecule has 1 aromatic heterocycles. The van der Waals surface area contributed by atoms with Crippen LogP contribution >= 0.6 is 11.5 Å². The molecule has 1 aliphatic carbocycles. The first-order chi connectivity index (χ1) is 6.88. The molecule has 1 saturated carbocycles. The van der Waals surface area contributed by atoms with Gasteiger partial charge in [-0.05, 0) is 18.8 Å². The maximum absolute atomic E-state index is 4.94. The molecule has 0 spiro atoms. The summed E-state index contributed by atoms with van der Waals surface area (Å²) in [6, 6.07) is 0. The van der Waals surface area contributed by atoms with Gasteiger partial charge in [0, 0.05) is 31.6 Å². The lowest BCUT2D eigenvalue weighted by Crippen LogP contribution is -2.07. The van der Waals surface area contributed by atoms with E-state index in [-0.39, 0.29) is 0 Å². The fourth-order valence-electron chi connectivity index (χ4n) is 1.25. The number of hydrogen-bond donors (Lipinski definition) is 1. The summed E-state index contributed by atoms with van der Waals surface area (Å²) >= 11 is 1.44. The van der Waals surface area contributed by atoms with Crippen LogP contribution in [0.15, 0.2) is 0 Å². The van der Waals surface area contributed by atoms with Crippen LogP contribution in [0.3, 0.4) is 0 Å². The first kappa shape index (κ1) is 9.86. The third-order valence-electron chi connectivity index (χ3n) is 2.22. The highest BCUT2D eigenvalue weighted by molar-refractivity contribution is 7.09. The minimum atomic E-state index is 0.706. The number of nitrogens with zero attached hydrogens (tertiary/aromatic N) is 2. The van der Waals surface area contributed by atoms with Crippen molar-refractivity contribution in [2.24, 2.45) is 5.92 Å². The quantitative estimate of drug-likeness (QED) is 0.728. The molecule has 14 heavy (non-hydrogen) atoms. The molecule has 0 unspecified atom stereocenters. The summed E-state index contributed by atoms with van der Waals surface area (Å²) in [5.41, 5.74) is 0. The predicted octanol–water partition coefficient (Wildman–Crippen LogP) is 1.55. The molecule has 0 radical (unpaired) electrons. The van der Waals surface area contributed by atoms with E-state index >= 15 is 0 Å². The summed E-state index contributed by atoms with van der Waals surface area (Å²) < 4.78 is 9.24. The fourth-order valence-corrected chi connectivity index (χ4v) is 1.87. The molecule has 78 valence electrons. The fraction of sp³-hybridized carbons (Fsp3) is 0.778. The van der Waals surface area contributed by atoms with E-state index in [1.165, 1.54) is 24.4 Å². The zero-order valence-corrected chi connectivity index (χ0v) is 9.14. The van der Waals surface area contributed by atoms with Crippen LogP contribution in [-0.4, -0.2) is 29.6 Å². The molecule has 1 heterocycles. The number of hydrogen-bond acceptors (Lipinski definition) is 5. The Kier molecular flexibility index (Phi) is 3.31. The van der Waals surface area contributed by atoms with Crippen LogP contribution in [0, 0.1) is 5.92 Å². The molecule has 0 aliphatic heterocycles. The van der Waals surface area contributed by atoms with Crippen molar-refractivity contribution in [3.8, 4) is 0 Å². The molecule has 0 atom stereocenters. The highest BCUT2D eigenvalue weighted by Crippen LogP contribution is 2.32. The van der Waals surface area contributed by atoms with Crippen LogP contribution in [-0.2, 0) is 11.2 Å². The smallest absolute Gasteiger partial charge is 0.202 e. The van der Waals surface area contributed by atoms with E-state index in [9.17, 15) is 0 Å². The number of nitrogens with one attached hydrogen (secondary N) is 1. The van der Waals surface area contributed by atoms with Gasteiger partial charge in [0.2, 0.25) is 5.13 Å². The average molecular weight is 213 g/mol. The molecule has 1 N–H and O–H groups in total. The molecule has 2 rings (SSSR count). The van der Waals surface area contributed by atoms with Gasteiger partial charge < -0.3 is 10.1 Å². The summed E-state index contributed by atoms with van der Waals surface area (Å²) in [6.07, 6.45) is 3.76. The first-order valence-electron chi connectivity index (χ1n) is 4.94. The van der Waals surface area contributed by atoms with Crippen molar-refractivity contribution in [1.29, 1.82) is 0 Å². The largest absolute Gasteiger partial charge is 0.383 e. The second-order valence-corrected chi connectivity index (χ2v) is 4.33. The number of aromatic nitrogens is 2. The highest BCUT2D eigenvalue weighted by Gasteiger charge is 2.23. The lowest BCUT2D eigenvalue weighted by Gasteiger charge is -1.98. The lowest BCUT2D eigenvalue weighted by molar-refractivity contribution is 0.211. The van der Waals surface area contributed by atoms with Crippen molar-refractivity contribution < 1.29 is 4.74 Å². The monoisotopic (exact) mass is 213 g/mol. The van der Waals surface area contributed by atoms with Crippen LogP contribution in [0.1, 0.15) is 18.7 Å². The van der Waals surface area contributed by atoms with Crippen molar-refractivity contribution in [3.05, 3.63) is 5.82 Å². The van der Waals surface area contributed by atoms with Gasteiger partial charge >= 0.3 is 0 Å². The Balaban J connectivity index is 1.76. The summed E-state index contributed by atoms with van der Waals surface area (Å²) in [4.78, 5) is 4.40. The molecule has 0 saturated heterocycles. The summed E-state index contributed by atoms with van der Waals surface area (Å²) in [7, 11) is 1.69. The normalized spacial score (nSPS) is 15.8. The van der Waals surface area contributed by atoms with Crippen LogP contribution in [0.5, 0.6) is 0 Å². The average Bonchev–Trinajstić information content (AvgIpc) is 2.87. The second-order valence-electron chi connectivity index (χ2n) is 3.58. The van der Waals surface area contributed by atoms with Crippen LogP contribution in [0.2, 0.25) is 0 Å². The molecule has 0 aromatic carbocycles. The molecule has 1 fully saturated rings. The summed E-state index contributed by atoms with van der Waals surface area (Å²) in [5.74, 6) is 1.86. The SMILES string of the molecule is COCCNc1nc(CC2CC2)ns1. The van der Waals surface area contributed by atoms with Crippen molar-refractivity contribution in [2.45, 2.75) is 19.3 Å². The van der Waals surface area contributed by atoms with Crippen molar-refractivity contribution >= 4 is 16.7 Å². The van der Waals surface area contributed by atoms with E-state index in [2.05, 4.69) is 14.7 Å². The molecule has 0 amide bonds. The maximum Gasteiger partial charge on any atom is 0.202 e. The van der Waals surface area contributed by atoms with Gasteiger partial charge in [0.25, 0.3) is 0 Å². The number of ether oxygens (including phenoxy) is 1. The Morgan fingerprint density at radius 2 is 2.43 bits per heavy atom. The van der Waals surface area contributed by atoms with E-state index in [0.29, 0.717) is 6.61 Å². The molecule has 0 bridgehead atoms. The van der Waals surface area contributed by atoms with Gasteiger partial charge in [0.1, 0.15) is 5.82 Å². The van der Waals surface area contributed by atoms with Gasteiger partial charge in [-0.1, -0.05) is 0 Å². The molecule has 4 nitrogen and oxygen atoms in total. The standard InChI is InChI=1S/C9H15N3OS/c1-13-5-4-10-9-11-8(12-14-9)6-7-2-3-7/h7H,2-6H2,1H3,(H,10,11,12). The molecule has 5 heteroatoms. The Bertz CT molecular complexity index is 285. The highest BCUT2D eigenvalue weighted by atomic mass is 32.1. The van der Waals surface area contributed by atoms with Crippen molar-refractivity contribution in [1.82, 2.24) is 9.36 Å². The van der Waals surface area contributed by atoms with Gasteiger partial charge in [-0.3, -0.25) is 0 Å². The van der Waals surface area contributed by atoms with Crippen LogP contribution in [0.25, 0.3) is 0 Å². The van der Waals surface area contributed by atoms with Gasteiger partial charge in [-0.2, -0.15) is 4.37 Å². The first-order valence-corrected chi connectivity index (χ1v) is 5.71. The Hall–Kier alpha value is -0.680. The summed E-state index contributed by atoms with van der Waals surface area (Å²) in [6.45, 7) is 1.51. The minimum Gasteiger partial charge on any atom is -0.383 e. The predicted molar refractivity (Wildman–Crippen MR) is 56.7 cm³/mol. The number of methoxy groups -OCH3 is 1. The zero-order chi connectivity index (χ0) is 9.80. The van der Waals surface area contributed by atoms with E-state index in [4.69, 9.17) is 4.74 Å². The third kappa shape index (κ3) is 2.92. The minimum absolute atomic E-state index is 0.706. The molecule has 1 aliphatic rings. The Labute approximate surface area is 87.9 Å². The topological polar surface area (TPSA) is 47.0 Å². The molecular weight excluding hydrogens is 198 g/mol. The van der Waals surface area contributed by atoms with E-state index in [1.807, 2.05) is 0 Å². The van der Waals surface area contributed by atoms with Crippen LogP contribution < -0.4 is 5.32 Å². The van der Waals surface area contributed by atoms with E-state index < -0.39 is 0 Å². The third-order valence-corrected chi connectivity index (χ3v) is 2.93. The maximum atomic E-state index is 4.94. The van der Waals surface area contributed by atoms with Gasteiger partial charge in [0.15, 0.2) is 0 Å². The van der Waals surface area contributed by atoms with Gasteiger partial charge in [0.05, 0.1) is 6.61 Å². The molecular formula is C9H15N3OS. The van der Waals surface area contributed by atoms with Gasteiger partial charge in [-0.25, -0.2) is 4.98 Å². The molecule has 1 aromatic rings. The van der Waals surface area contributed by atoms with Gasteiger partial charge in [-0.15, -0.1) is 0 Å². The van der Waals surface area contributed by atoms with Crippen molar-refractivity contribution in [2.75, 3.05) is 25.6 Å². The number of rotatable bonds is 6. The van der Waals surface area contributed by atoms with E-state index in [0.717, 1.165) is 29.8 Å². The van der Waals surface area contributed by atoms with E-state index in [1.54, 1.807) is 7.11 Å².